The third-order valence-corrected chi connectivity index (χ3v) is 1.58. The summed E-state index contributed by atoms with van der Waals surface area (Å²) >= 11 is 0. The highest BCUT2D eigenvalue weighted by molar-refractivity contribution is 5.51. The summed E-state index contributed by atoms with van der Waals surface area (Å²) in [7, 11) is 1.93. The molecule has 0 aliphatic rings. The van der Waals surface area contributed by atoms with Gasteiger partial charge in [0.25, 0.3) is 0 Å². The summed E-state index contributed by atoms with van der Waals surface area (Å²) in [5.41, 5.74) is 2.41. The van der Waals surface area contributed by atoms with E-state index in [1.807, 2.05) is 32.2 Å². The highest BCUT2D eigenvalue weighted by atomic mass is 14.8. The molecule has 0 saturated heterocycles. The van der Waals surface area contributed by atoms with Crippen molar-refractivity contribution in [2.75, 3.05) is 7.05 Å². The summed E-state index contributed by atoms with van der Waals surface area (Å²) in [5, 5.41) is 3.07. The normalized spacial score (nSPS) is 11.3. The Morgan fingerprint density at radius 1 is 1.27 bits per heavy atom. The molecule has 0 fully saturated rings. The minimum atomic E-state index is 1.18. The molecule has 0 aliphatic carbocycles. The first-order valence-corrected chi connectivity index (χ1v) is 3.74. The smallest absolute Gasteiger partial charge is 0.00784 e. The molecule has 0 aliphatic heterocycles. The minimum absolute atomic E-state index is 1.18. The van der Waals surface area contributed by atoms with Crippen LogP contribution in [0.5, 0.6) is 0 Å². The molecule has 1 heteroatoms. The zero-order valence-corrected chi connectivity index (χ0v) is 6.96. The van der Waals surface area contributed by atoms with Crippen molar-refractivity contribution in [2.45, 2.75) is 6.92 Å². The van der Waals surface area contributed by atoms with Crippen molar-refractivity contribution in [1.82, 2.24) is 5.32 Å². The maximum absolute atomic E-state index is 3.07. The first-order valence-electron chi connectivity index (χ1n) is 3.74. The first-order chi connectivity index (χ1) is 5.33. The van der Waals surface area contributed by atoms with Gasteiger partial charge in [0.15, 0.2) is 0 Å². The van der Waals surface area contributed by atoms with Gasteiger partial charge in [-0.1, -0.05) is 30.3 Å². The third-order valence-electron chi connectivity index (χ3n) is 1.58. The largest absolute Gasteiger partial charge is 0.392 e. The first kappa shape index (κ1) is 7.86. The van der Waals surface area contributed by atoms with Gasteiger partial charge < -0.3 is 5.32 Å². The molecule has 0 spiro atoms. The summed E-state index contributed by atoms with van der Waals surface area (Å²) in [6.07, 6.45) is 2.11. The number of rotatable bonds is 2. The van der Waals surface area contributed by atoms with Crippen molar-refractivity contribution in [1.29, 1.82) is 0 Å². The summed E-state index contributed by atoms with van der Waals surface area (Å²) < 4.78 is 0. The molecule has 1 rings (SSSR count). The van der Waals surface area contributed by atoms with Crippen molar-refractivity contribution < 1.29 is 0 Å². The minimum Gasteiger partial charge on any atom is -0.392 e. The van der Waals surface area contributed by atoms with Gasteiger partial charge in [-0.15, -0.1) is 0 Å². The Morgan fingerprint density at radius 2 is 1.91 bits per heavy atom. The number of nitrogens with one attached hydrogen (secondary N) is 1. The fraction of sp³-hybridized carbons (Fsp3) is 0.200. The van der Waals surface area contributed by atoms with Crippen LogP contribution in [0.2, 0.25) is 0 Å². The van der Waals surface area contributed by atoms with Gasteiger partial charge in [-0.25, -0.2) is 0 Å². The van der Waals surface area contributed by atoms with Gasteiger partial charge in [-0.05, 0) is 18.6 Å². The monoisotopic (exact) mass is 147 g/mol. The highest BCUT2D eigenvalue weighted by Crippen LogP contribution is 2.02. The Morgan fingerprint density at radius 3 is 2.45 bits per heavy atom. The second-order valence-corrected chi connectivity index (χ2v) is 2.49. The maximum Gasteiger partial charge on any atom is 0.00784 e. The van der Waals surface area contributed by atoms with E-state index in [0.717, 1.165) is 0 Å². The van der Waals surface area contributed by atoms with Gasteiger partial charge in [0.1, 0.15) is 0 Å². The lowest BCUT2D eigenvalue weighted by atomic mass is 10.2. The molecular weight excluding hydrogens is 134 g/mol. The Labute approximate surface area is 67.8 Å². The predicted octanol–water partition coefficient (Wildman–Crippen LogP) is 2.27. The van der Waals surface area contributed by atoms with Crippen molar-refractivity contribution in [2.24, 2.45) is 0 Å². The van der Waals surface area contributed by atoms with E-state index in [2.05, 4.69) is 23.5 Å². The molecule has 0 radical (unpaired) electrons. The Bertz CT molecular complexity index is 236. The standard InChI is InChI=1S/C10H13N/c1-9(11-2)8-10-6-4-3-5-7-10/h3-8,11H,1-2H3. The van der Waals surface area contributed by atoms with Gasteiger partial charge in [0.05, 0.1) is 0 Å². The number of hydrogen-bond donors (Lipinski definition) is 1. The Kier molecular flexibility index (Phi) is 2.73. The van der Waals surface area contributed by atoms with Crippen molar-refractivity contribution in [3.8, 4) is 0 Å². The van der Waals surface area contributed by atoms with Crippen LogP contribution in [-0.4, -0.2) is 7.05 Å². The molecule has 11 heavy (non-hydrogen) atoms. The zero-order chi connectivity index (χ0) is 8.10. The van der Waals surface area contributed by atoms with E-state index in [9.17, 15) is 0 Å². The molecule has 0 amide bonds. The molecule has 0 bridgehead atoms. The second-order valence-electron chi connectivity index (χ2n) is 2.49. The highest BCUT2D eigenvalue weighted by Gasteiger charge is 1.84. The van der Waals surface area contributed by atoms with Crippen LogP contribution in [0.15, 0.2) is 36.0 Å². The van der Waals surface area contributed by atoms with Crippen LogP contribution in [0.25, 0.3) is 6.08 Å². The molecule has 1 N–H and O–H groups in total. The molecule has 0 unspecified atom stereocenters. The lowest BCUT2D eigenvalue weighted by molar-refractivity contribution is 1.00. The van der Waals surface area contributed by atoms with Crippen LogP contribution in [0.4, 0.5) is 0 Å². The van der Waals surface area contributed by atoms with Crippen molar-refractivity contribution >= 4 is 6.08 Å². The van der Waals surface area contributed by atoms with Gasteiger partial charge in [0, 0.05) is 12.7 Å². The number of hydrogen-bond acceptors (Lipinski definition) is 1. The van der Waals surface area contributed by atoms with Gasteiger partial charge in [-0.3, -0.25) is 0 Å². The fourth-order valence-electron chi connectivity index (χ4n) is 0.871. The van der Waals surface area contributed by atoms with Crippen LogP contribution >= 0.6 is 0 Å². The van der Waals surface area contributed by atoms with E-state index in [1.165, 1.54) is 11.3 Å². The van der Waals surface area contributed by atoms with Crippen molar-refractivity contribution in [3.63, 3.8) is 0 Å². The Hall–Kier alpha value is -1.24. The molecule has 0 saturated carbocycles. The third kappa shape index (κ3) is 2.46. The summed E-state index contributed by atoms with van der Waals surface area (Å²) in [4.78, 5) is 0. The average molecular weight is 147 g/mol. The molecule has 1 aromatic carbocycles. The van der Waals surface area contributed by atoms with Crippen molar-refractivity contribution in [3.05, 3.63) is 41.6 Å². The second kappa shape index (κ2) is 3.81. The Balaban J connectivity index is 2.79. The molecule has 0 heterocycles. The van der Waals surface area contributed by atoms with Crippen LogP contribution in [0, 0.1) is 0 Å². The van der Waals surface area contributed by atoms with E-state index in [0.29, 0.717) is 0 Å². The quantitative estimate of drug-likeness (QED) is 0.676. The molecule has 0 atom stereocenters. The fourth-order valence-corrected chi connectivity index (χ4v) is 0.871. The maximum atomic E-state index is 3.07. The van der Waals surface area contributed by atoms with Crippen LogP contribution < -0.4 is 5.32 Å². The summed E-state index contributed by atoms with van der Waals surface area (Å²) in [6, 6.07) is 10.3. The predicted molar refractivity (Wildman–Crippen MR) is 49.2 cm³/mol. The van der Waals surface area contributed by atoms with Gasteiger partial charge in [-0.2, -0.15) is 0 Å². The lowest BCUT2D eigenvalue weighted by Crippen LogP contribution is -2.00. The molecule has 58 valence electrons. The topological polar surface area (TPSA) is 12.0 Å². The van der Waals surface area contributed by atoms with E-state index >= 15 is 0 Å². The van der Waals surface area contributed by atoms with E-state index in [1.54, 1.807) is 0 Å². The lowest BCUT2D eigenvalue weighted by Gasteiger charge is -1.97. The van der Waals surface area contributed by atoms with Gasteiger partial charge >= 0.3 is 0 Å². The van der Waals surface area contributed by atoms with Crippen LogP contribution in [0.1, 0.15) is 12.5 Å². The summed E-state index contributed by atoms with van der Waals surface area (Å²) in [6.45, 7) is 2.05. The van der Waals surface area contributed by atoms with Crippen LogP contribution in [0.3, 0.4) is 0 Å². The van der Waals surface area contributed by atoms with Crippen LogP contribution in [-0.2, 0) is 0 Å². The number of benzene rings is 1. The SMILES string of the molecule is CNC(C)=Cc1ccccc1. The molecule has 1 nitrogen and oxygen atoms in total. The molecular formula is C10H13N. The van der Waals surface area contributed by atoms with E-state index in [-0.39, 0.29) is 0 Å². The number of allylic oxidation sites excluding steroid dienone is 1. The molecule has 1 aromatic rings. The average Bonchev–Trinajstić information content (AvgIpc) is 2.06. The zero-order valence-electron chi connectivity index (χ0n) is 6.96. The van der Waals surface area contributed by atoms with E-state index in [4.69, 9.17) is 0 Å². The summed E-state index contributed by atoms with van der Waals surface area (Å²) in [5.74, 6) is 0. The van der Waals surface area contributed by atoms with E-state index < -0.39 is 0 Å². The van der Waals surface area contributed by atoms with Gasteiger partial charge in [0.2, 0.25) is 0 Å². The molecule has 0 aromatic heterocycles.